The largest absolute Gasteiger partial charge is 0.497 e. The van der Waals surface area contributed by atoms with Crippen LogP contribution < -0.4 is 15.4 Å². The highest BCUT2D eigenvalue weighted by atomic mass is 35.5. The average molecular weight is 427 g/mol. The van der Waals surface area contributed by atoms with Crippen molar-refractivity contribution in [2.24, 2.45) is 0 Å². The Bertz CT molecular complexity index is 1220. The zero-order valence-corrected chi connectivity index (χ0v) is 16.7. The highest BCUT2D eigenvalue weighted by Gasteiger charge is 2.17. The van der Waals surface area contributed by atoms with E-state index in [0.29, 0.717) is 42.9 Å². The van der Waals surface area contributed by atoms with Crippen LogP contribution in [0.25, 0.3) is 10.2 Å². The smallest absolute Gasteiger partial charge is 0.265 e. The zero-order chi connectivity index (χ0) is 20.4. The van der Waals surface area contributed by atoms with Gasteiger partial charge in [0.15, 0.2) is 0 Å². The number of thiophene rings is 1. The maximum absolute atomic E-state index is 12.5. The fraction of sp³-hybridized carbons (Fsp3) is 0.0500. The molecule has 0 aliphatic carbocycles. The maximum Gasteiger partial charge on any atom is 0.265 e. The summed E-state index contributed by atoms with van der Waals surface area (Å²) >= 11 is 7.17. The normalized spacial score (nSPS) is 10.7. The predicted molar refractivity (Wildman–Crippen MR) is 114 cm³/mol. The van der Waals surface area contributed by atoms with Gasteiger partial charge in [-0.2, -0.15) is 5.10 Å². The van der Waals surface area contributed by atoms with Crippen LogP contribution in [0.15, 0.2) is 54.6 Å². The Kier molecular flexibility index (Phi) is 5.20. The number of aromatic amines is 1. The minimum absolute atomic E-state index is 0.277. The number of fused-ring (bicyclic) bond motifs is 1. The van der Waals surface area contributed by atoms with Crippen LogP contribution in [-0.2, 0) is 0 Å². The van der Waals surface area contributed by atoms with Gasteiger partial charge in [-0.25, -0.2) is 0 Å². The summed E-state index contributed by atoms with van der Waals surface area (Å²) in [6.07, 6.45) is 0. The van der Waals surface area contributed by atoms with Gasteiger partial charge in [0.05, 0.1) is 17.4 Å². The fourth-order valence-electron chi connectivity index (χ4n) is 2.73. The Morgan fingerprint density at radius 2 is 1.90 bits per heavy atom. The topological polar surface area (TPSA) is 96.1 Å². The van der Waals surface area contributed by atoms with E-state index in [-0.39, 0.29) is 11.8 Å². The molecule has 0 aliphatic rings. The number of ether oxygens (including phenoxy) is 1. The molecule has 0 radical (unpaired) electrons. The Hall–Kier alpha value is -3.36. The summed E-state index contributed by atoms with van der Waals surface area (Å²) in [6.45, 7) is 0. The second-order valence-corrected chi connectivity index (χ2v) is 7.55. The average Bonchev–Trinajstić information content (AvgIpc) is 3.30. The van der Waals surface area contributed by atoms with Crippen molar-refractivity contribution >= 4 is 56.5 Å². The van der Waals surface area contributed by atoms with Gasteiger partial charge in [-0.1, -0.05) is 23.7 Å². The summed E-state index contributed by atoms with van der Waals surface area (Å²) in [5.41, 5.74) is 1.04. The second-order valence-electron chi connectivity index (χ2n) is 6.08. The molecule has 0 saturated heterocycles. The molecule has 2 amide bonds. The first-order valence-corrected chi connectivity index (χ1v) is 9.73. The van der Waals surface area contributed by atoms with Crippen LogP contribution in [0.3, 0.4) is 0 Å². The first-order chi connectivity index (χ1) is 14.0. The quantitative estimate of drug-likeness (QED) is 0.427. The number of carbonyl (C=O) groups excluding carboxylic acids is 2. The van der Waals surface area contributed by atoms with E-state index in [2.05, 4.69) is 20.8 Å². The molecule has 146 valence electrons. The molecule has 4 aromatic rings. The maximum atomic E-state index is 12.5. The fourth-order valence-corrected chi connectivity index (χ4v) is 3.81. The first kappa shape index (κ1) is 19.0. The van der Waals surface area contributed by atoms with E-state index in [1.54, 1.807) is 54.6 Å². The molecule has 0 atom stereocenters. The van der Waals surface area contributed by atoms with Crippen LogP contribution in [0, 0.1) is 0 Å². The summed E-state index contributed by atoms with van der Waals surface area (Å²) < 4.78 is 5.15. The summed E-state index contributed by atoms with van der Waals surface area (Å²) in [6, 6.07) is 15.4. The molecule has 0 bridgehead atoms. The van der Waals surface area contributed by atoms with Crippen molar-refractivity contribution in [3.05, 3.63) is 70.1 Å². The van der Waals surface area contributed by atoms with Gasteiger partial charge in [0.2, 0.25) is 0 Å². The molecule has 4 rings (SSSR count). The standard InChI is InChI=1S/C20H15ClN4O3S/c1-28-14-7-2-4-11(8-14)18(26)23-17-15-10-16(29-20(15)25-24-17)19(27)22-13-6-3-5-12(21)9-13/h2-10H,1H3,(H,22,27)(H2,23,24,25,26). The molecule has 29 heavy (non-hydrogen) atoms. The third-order valence-electron chi connectivity index (χ3n) is 4.13. The Labute approximate surface area is 174 Å². The summed E-state index contributed by atoms with van der Waals surface area (Å²) in [5.74, 6) is 0.416. The van der Waals surface area contributed by atoms with Crippen molar-refractivity contribution in [2.45, 2.75) is 0 Å². The molecular weight excluding hydrogens is 412 g/mol. The number of hydrogen-bond donors (Lipinski definition) is 3. The Balaban J connectivity index is 1.54. The Morgan fingerprint density at radius 1 is 1.07 bits per heavy atom. The van der Waals surface area contributed by atoms with E-state index in [0.717, 1.165) is 0 Å². The van der Waals surface area contributed by atoms with E-state index >= 15 is 0 Å². The lowest BCUT2D eigenvalue weighted by molar-refractivity contribution is 0.102. The molecular formula is C20H15ClN4O3S. The number of halogens is 1. The minimum Gasteiger partial charge on any atom is -0.497 e. The van der Waals surface area contributed by atoms with E-state index in [4.69, 9.17) is 16.3 Å². The molecule has 2 aromatic carbocycles. The van der Waals surface area contributed by atoms with Gasteiger partial charge < -0.3 is 15.4 Å². The number of nitrogens with one attached hydrogen (secondary N) is 3. The number of H-pyrrole nitrogens is 1. The molecule has 0 fully saturated rings. The molecule has 0 aliphatic heterocycles. The SMILES string of the molecule is COc1cccc(C(=O)Nc2[nH]nc3sc(C(=O)Nc4cccc(Cl)c4)cc23)c1. The second kappa shape index (κ2) is 7.94. The van der Waals surface area contributed by atoms with E-state index < -0.39 is 0 Å². The van der Waals surface area contributed by atoms with Crippen LogP contribution >= 0.6 is 22.9 Å². The van der Waals surface area contributed by atoms with Crippen LogP contribution in [-0.4, -0.2) is 29.1 Å². The lowest BCUT2D eigenvalue weighted by Crippen LogP contribution is -2.12. The van der Waals surface area contributed by atoms with Gasteiger partial charge in [-0.05, 0) is 42.5 Å². The number of carbonyl (C=O) groups is 2. The van der Waals surface area contributed by atoms with Gasteiger partial charge in [0.1, 0.15) is 16.4 Å². The molecule has 2 aromatic heterocycles. The Morgan fingerprint density at radius 3 is 2.69 bits per heavy atom. The first-order valence-electron chi connectivity index (χ1n) is 8.54. The summed E-state index contributed by atoms with van der Waals surface area (Å²) in [5, 5.41) is 13.7. The van der Waals surface area contributed by atoms with E-state index in [1.165, 1.54) is 18.4 Å². The highest BCUT2D eigenvalue weighted by molar-refractivity contribution is 7.20. The number of aromatic nitrogens is 2. The third-order valence-corrected chi connectivity index (χ3v) is 5.39. The number of benzene rings is 2. The third kappa shape index (κ3) is 4.08. The van der Waals surface area contributed by atoms with Crippen molar-refractivity contribution in [1.82, 2.24) is 10.2 Å². The molecule has 9 heteroatoms. The molecule has 0 saturated carbocycles. The number of rotatable bonds is 5. The molecule has 7 nitrogen and oxygen atoms in total. The van der Waals surface area contributed by atoms with Gasteiger partial charge in [-0.3, -0.25) is 14.7 Å². The molecule has 2 heterocycles. The monoisotopic (exact) mass is 426 g/mol. The minimum atomic E-state index is -0.314. The van der Waals surface area contributed by atoms with Gasteiger partial charge in [-0.15, -0.1) is 11.3 Å². The van der Waals surface area contributed by atoms with Crippen molar-refractivity contribution in [3.63, 3.8) is 0 Å². The lowest BCUT2D eigenvalue weighted by atomic mass is 10.2. The highest BCUT2D eigenvalue weighted by Crippen LogP contribution is 2.30. The predicted octanol–water partition coefficient (Wildman–Crippen LogP) is 4.79. The van der Waals surface area contributed by atoms with Crippen LogP contribution in [0.2, 0.25) is 5.02 Å². The van der Waals surface area contributed by atoms with Crippen LogP contribution in [0.5, 0.6) is 5.75 Å². The molecule has 0 unspecified atom stereocenters. The van der Waals surface area contributed by atoms with E-state index in [9.17, 15) is 9.59 Å². The number of anilines is 2. The van der Waals surface area contributed by atoms with Crippen LogP contribution in [0.1, 0.15) is 20.0 Å². The summed E-state index contributed by atoms with van der Waals surface area (Å²) in [4.78, 5) is 26.1. The van der Waals surface area contributed by atoms with Crippen molar-refractivity contribution in [3.8, 4) is 5.75 Å². The number of nitrogens with zero attached hydrogens (tertiary/aromatic N) is 1. The van der Waals surface area contributed by atoms with E-state index in [1.807, 2.05) is 0 Å². The van der Waals surface area contributed by atoms with Crippen molar-refractivity contribution in [2.75, 3.05) is 17.7 Å². The van der Waals surface area contributed by atoms with Crippen molar-refractivity contribution < 1.29 is 14.3 Å². The summed E-state index contributed by atoms with van der Waals surface area (Å²) in [7, 11) is 1.54. The zero-order valence-electron chi connectivity index (χ0n) is 15.2. The van der Waals surface area contributed by atoms with Gasteiger partial charge >= 0.3 is 0 Å². The molecule has 3 N–H and O–H groups in total. The van der Waals surface area contributed by atoms with Crippen LogP contribution in [0.4, 0.5) is 11.5 Å². The lowest BCUT2D eigenvalue weighted by Gasteiger charge is -2.05. The number of methoxy groups -OCH3 is 1. The van der Waals surface area contributed by atoms with Crippen molar-refractivity contribution in [1.29, 1.82) is 0 Å². The van der Waals surface area contributed by atoms with Gasteiger partial charge in [0.25, 0.3) is 11.8 Å². The number of hydrogen-bond acceptors (Lipinski definition) is 5. The number of amides is 2. The molecule has 0 spiro atoms. The van der Waals surface area contributed by atoms with Gasteiger partial charge in [0, 0.05) is 16.3 Å².